The average molecular weight is 674 g/mol. The summed E-state index contributed by atoms with van der Waals surface area (Å²) in [5, 5.41) is 32.6. The van der Waals surface area contributed by atoms with Gasteiger partial charge in [0.1, 0.15) is 21.8 Å². The number of aliphatic carboxylic acids is 2. The maximum atomic E-state index is 12.8. The number of aromatic nitrogens is 1. The van der Waals surface area contributed by atoms with Gasteiger partial charge in [-0.25, -0.2) is 18.0 Å². The lowest BCUT2D eigenvalue weighted by molar-refractivity contribution is -0.193. The molecular weight excluding hydrogens is 652 g/mol. The van der Waals surface area contributed by atoms with E-state index in [0.29, 0.717) is 24.1 Å². The number of benzene rings is 1. The van der Waals surface area contributed by atoms with Crippen LogP contribution in [0.4, 0.5) is 26.3 Å². The lowest BCUT2D eigenvalue weighted by atomic mass is 10.1. The third kappa shape index (κ3) is 9.77. The molecule has 4 rings (SSSR count). The fraction of sp³-hybridized carbons (Fsp3) is 0.261. The Kier molecular flexibility index (Phi) is 11.2. The van der Waals surface area contributed by atoms with Gasteiger partial charge in [-0.05, 0) is 42.1 Å². The first kappa shape index (κ1) is 35.7. The molecule has 1 aromatic carbocycles. The summed E-state index contributed by atoms with van der Waals surface area (Å²) >= 11 is 1.10. The number of rotatable bonds is 6. The van der Waals surface area contributed by atoms with E-state index in [1.54, 1.807) is 30.6 Å². The second-order valence-electron chi connectivity index (χ2n) is 8.56. The Bertz CT molecular complexity index is 1600. The fourth-order valence-electron chi connectivity index (χ4n) is 3.33. The summed E-state index contributed by atoms with van der Waals surface area (Å²) in [5.41, 5.74) is 6.36. The molecule has 7 N–H and O–H groups in total. The Morgan fingerprint density at radius 1 is 1.09 bits per heavy atom. The number of halogens is 6. The summed E-state index contributed by atoms with van der Waals surface area (Å²) in [4.78, 5) is 36.0. The second-order valence-corrected chi connectivity index (χ2v) is 11.6. The molecular formula is C23H21F6N5O8S2. The number of carbonyl (C=O) groups excluding carboxylic acids is 1. The van der Waals surface area contributed by atoms with Crippen molar-refractivity contribution in [3.05, 3.63) is 53.9 Å². The summed E-state index contributed by atoms with van der Waals surface area (Å²) in [6.07, 6.45) is -6.66. The van der Waals surface area contributed by atoms with Gasteiger partial charge in [0.2, 0.25) is 5.91 Å². The zero-order chi connectivity index (χ0) is 33.6. The van der Waals surface area contributed by atoms with Gasteiger partial charge in [-0.15, -0.1) is 11.3 Å². The van der Waals surface area contributed by atoms with Crippen molar-refractivity contribution in [2.24, 2.45) is 5.73 Å². The molecule has 1 aliphatic heterocycles. The number of pyridine rings is 1. The van der Waals surface area contributed by atoms with E-state index >= 15 is 0 Å². The molecule has 1 saturated heterocycles. The third-order valence-corrected chi connectivity index (χ3v) is 8.43. The first-order valence-electron chi connectivity index (χ1n) is 11.5. The van der Waals surface area contributed by atoms with Crippen LogP contribution in [0.15, 0.2) is 46.9 Å². The molecule has 0 radical (unpaired) electrons. The molecule has 3 heterocycles. The molecule has 0 aliphatic carbocycles. The number of nitrogens with one attached hydrogen (secondary N) is 2. The lowest BCUT2D eigenvalue weighted by Crippen LogP contribution is -2.41. The number of nitrogens with zero attached hydrogens (tertiary/aromatic N) is 2. The maximum absolute atomic E-state index is 12.8. The number of fused-ring (bicyclic) bond motifs is 1. The number of hydrogen-bond acceptors (Lipinski definition) is 9. The van der Waals surface area contributed by atoms with Crippen LogP contribution in [0.25, 0.3) is 10.1 Å². The number of carboxylic acids is 2. The first-order chi connectivity index (χ1) is 20.1. The molecule has 1 amide bonds. The fourth-order valence-corrected chi connectivity index (χ4v) is 5.93. The number of carboxylic acid groups (broad SMARTS) is 2. The van der Waals surface area contributed by atoms with E-state index in [4.69, 9.17) is 30.9 Å². The molecule has 44 heavy (non-hydrogen) atoms. The van der Waals surface area contributed by atoms with Crippen molar-refractivity contribution in [2.45, 2.75) is 35.6 Å². The molecule has 1 aliphatic rings. The number of alkyl halides is 6. The third-order valence-electron chi connectivity index (χ3n) is 5.40. The van der Waals surface area contributed by atoms with Crippen molar-refractivity contribution in [2.75, 3.05) is 6.54 Å². The van der Waals surface area contributed by atoms with Crippen molar-refractivity contribution < 1.29 is 64.5 Å². The van der Waals surface area contributed by atoms with Crippen LogP contribution in [0.2, 0.25) is 0 Å². The molecule has 13 nitrogen and oxygen atoms in total. The Morgan fingerprint density at radius 3 is 2.16 bits per heavy atom. The van der Waals surface area contributed by atoms with Gasteiger partial charge in [0.05, 0.1) is 4.70 Å². The lowest BCUT2D eigenvalue weighted by Gasteiger charge is -2.18. The van der Waals surface area contributed by atoms with Crippen LogP contribution in [-0.2, 0) is 31.0 Å². The molecule has 240 valence electrons. The van der Waals surface area contributed by atoms with Crippen molar-refractivity contribution in [1.82, 2.24) is 14.6 Å². The minimum absolute atomic E-state index is 0.0179. The maximum Gasteiger partial charge on any atom is 0.490 e. The van der Waals surface area contributed by atoms with Gasteiger partial charge in [-0.3, -0.25) is 15.2 Å². The van der Waals surface area contributed by atoms with Crippen molar-refractivity contribution in [1.29, 1.82) is 5.41 Å². The average Bonchev–Trinajstić information content (AvgIpc) is 3.49. The van der Waals surface area contributed by atoms with E-state index in [1.165, 1.54) is 17.0 Å². The van der Waals surface area contributed by atoms with E-state index in [-0.39, 0.29) is 28.2 Å². The van der Waals surface area contributed by atoms with Crippen molar-refractivity contribution in [3.8, 4) is 5.75 Å². The number of phenolic OH excluding ortho intramolecular Hbond substituents is 1. The topological polar surface area (TPSA) is 224 Å². The minimum Gasteiger partial charge on any atom is -0.508 e. The largest absolute Gasteiger partial charge is 0.508 e. The van der Waals surface area contributed by atoms with Gasteiger partial charge < -0.3 is 26.0 Å². The van der Waals surface area contributed by atoms with Crippen LogP contribution in [-0.4, -0.2) is 82.2 Å². The van der Waals surface area contributed by atoms with Gasteiger partial charge in [0.25, 0.3) is 10.0 Å². The molecule has 0 unspecified atom stereocenters. The summed E-state index contributed by atoms with van der Waals surface area (Å²) in [5.74, 6) is -6.04. The summed E-state index contributed by atoms with van der Waals surface area (Å²) in [6.45, 7) is 0.435. The molecule has 3 aromatic rings. The number of thiophene rings is 1. The smallest absolute Gasteiger partial charge is 0.490 e. The Balaban J connectivity index is 0.000000402. The van der Waals surface area contributed by atoms with Crippen molar-refractivity contribution in [3.63, 3.8) is 0 Å². The molecule has 1 atom stereocenters. The monoisotopic (exact) mass is 673 g/mol. The number of phenols is 1. The quantitative estimate of drug-likeness (QED) is 0.127. The zero-order valence-electron chi connectivity index (χ0n) is 21.7. The molecule has 21 heteroatoms. The highest BCUT2D eigenvalue weighted by Gasteiger charge is 2.39. The van der Waals surface area contributed by atoms with Crippen LogP contribution in [0, 0.1) is 5.41 Å². The van der Waals surface area contributed by atoms with E-state index in [0.717, 1.165) is 21.4 Å². The molecule has 1 fully saturated rings. The highest BCUT2D eigenvalue weighted by Crippen LogP contribution is 2.29. The molecule has 0 spiro atoms. The normalized spacial score (nSPS) is 15.2. The van der Waals surface area contributed by atoms with E-state index in [9.17, 15) is 44.7 Å². The van der Waals surface area contributed by atoms with Crippen LogP contribution in [0.1, 0.15) is 17.5 Å². The molecule has 2 aromatic heterocycles. The van der Waals surface area contributed by atoms with Crippen LogP contribution >= 0.6 is 11.3 Å². The summed E-state index contributed by atoms with van der Waals surface area (Å²) < 4.78 is 92.4. The predicted octanol–water partition coefficient (Wildman–Crippen LogP) is 2.63. The number of amidine groups is 1. The number of carbonyl (C=O) groups is 3. The number of likely N-dealkylation sites (tertiary alicyclic amines) is 1. The zero-order valence-corrected chi connectivity index (χ0v) is 23.3. The standard InChI is InChI=1S/C19H19N5O4S2.2C2HF3O2/c20-18(21)12-1-2-15(25)13(7-12)10-24-6-4-14(19(24)26)23-30(27,28)17-8-11-3-5-22-9-16(11)29-17;2*3-2(4,5)1(6)7/h1-3,5,7-9,14,23,25H,4,6,10H2,(H3,20,21);2*(H,6,7)/t14-;;/m0../s1. The van der Waals surface area contributed by atoms with E-state index in [2.05, 4.69) is 9.71 Å². The van der Waals surface area contributed by atoms with Gasteiger partial charge in [-0.1, -0.05) is 0 Å². The Hall–Kier alpha value is -4.50. The summed E-state index contributed by atoms with van der Waals surface area (Å²) in [6, 6.07) is 6.90. The van der Waals surface area contributed by atoms with Crippen molar-refractivity contribution >= 4 is 55.1 Å². The molecule has 0 bridgehead atoms. The van der Waals surface area contributed by atoms with Gasteiger partial charge in [0.15, 0.2) is 0 Å². The highest BCUT2D eigenvalue weighted by atomic mass is 32.2. The summed E-state index contributed by atoms with van der Waals surface area (Å²) in [7, 11) is -3.86. The highest BCUT2D eigenvalue weighted by molar-refractivity contribution is 7.91. The minimum atomic E-state index is -5.08. The number of nitrogen functional groups attached to an aromatic ring is 1. The van der Waals surface area contributed by atoms with Gasteiger partial charge in [0, 0.05) is 36.6 Å². The number of hydrogen-bond donors (Lipinski definition) is 6. The second kappa shape index (κ2) is 13.9. The Morgan fingerprint density at radius 2 is 1.66 bits per heavy atom. The number of amides is 1. The number of aromatic hydroxyl groups is 1. The van der Waals surface area contributed by atoms with E-state index < -0.39 is 40.4 Å². The van der Waals surface area contributed by atoms with E-state index in [1.807, 2.05) is 0 Å². The predicted molar refractivity (Wildman–Crippen MR) is 140 cm³/mol. The first-order valence-corrected chi connectivity index (χ1v) is 13.8. The van der Waals surface area contributed by atoms with Crippen LogP contribution < -0.4 is 10.5 Å². The number of nitrogens with two attached hydrogens (primary N) is 1. The van der Waals surface area contributed by atoms with Gasteiger partial charge in [-0.2, -0.15) is 31.1 Å². The number of sulfonamides is 1. The van der Waals surface area contributed by atoms with Gasteiger partial charge >= 0.3 is 24.3 Å². The SMILES string of the molecule is N=C(N)c1ccc(O)c(CN2CC[C@H](NS(=O)(=O)c3cc4ccncc4s3)C2=O)c1.O=C(O)C(F)(F)F.O=C(O)C(F)(F)F. The van der Waals surface area contributed by atoms with Crippen LogP contribution in [0.3, 0.4) is 0 Å². The molecule has 0 saturated carbocycles. The van der Waals surface area contributed by atoms with Crippen LogP contribution in [0.5, 0.6) is 5.75 Å². The Labute approximate surface area is 247 Å².